The zero-order valence-corrected chi connectivity index (χ0v) is 14.7. The van der Waals surface area contributed by atoms with E-state index in [1.807, 2.05) is 0 Å². The van der Waals surface area contributed by atoms with E-state index in [0.717, 1.165) is 0 Å². The van der Waals surface area contributed by atoms with E-state index in [1.54, 1.807) is 20.8 Å². The summed E-state index contributed by atoms with van der Waals surface area (Å²) in [4.78, 5) is 22.5. The van der Waals surface area contributed by atoms with Crippen LogP contribution >= 0.6 is 11.6 Å². The molecule has 24 heavy (non-hydrogen) atoms. The van der Waals surface area contributed by atoms with Crippen LogP contribution in [0.2, 0.25) is 5.02 Å². The number of nitrogens with one attached hydrogen (secondary N) is 3. The maximum absolute atomic E-state index is 11.7. The third-order valence-electron chi connectivity index (χ3n) is 2.71. The topological polar surface area (TPSA) is 112 Å². The summed E-state index contributed by atoms with van der Waals surface area (Å²) in [6.07, 6.45) is -0.0821. The Balaban J connectivity index is 2.71. The minimum absolute atomic E-state index is 0.176. The van der Waals surface area contributed by atoms with E-state index in [2.05, 4.69) is 5.32 Å². The first kappa shape index (κ1) is 19.6. The molecule has 0 heterocycles. The van der Waals surface area contributed by atoms with Gasteiger partial charge in [-0.15, -0.1) is 0 Å². The minimum atomic E-state index is -0.812. The fraction of sp³-hybridized carbons (Fsp3) is 0.375. The standard InChI is InChI=1S/C16H20ClN3O4/c1-9(20-15(22)24-16(2,3)4)13(18)23-14(19)11-7-10(8-21)5-6-12(11)17/h5-9,18-19H,1-4H3,(H,20,22). The normalized spacial score (nSPS) is 12.0. The van der Waals surface area contributed by atoms with Crippen LogP contribution < -0.4 is 5.32 Å². The highest BCUT2D eigenvalue weighted by atomic mass is 35.5. The number of hydrogen-bond acceptors (Lipinski definition) is 6. The molecule has 0 saturated carbocycles. The zero-order chi connectivity index (χ0) is 18.5. The number of amides is 1. The molecule has 1 aromatic rings. The van der Waals surface area contributed by atoms with E-state index in [9.17, 15) is 9.59 Å². The summed E-state index contributed by atoms with van der Waals surface area (Å²) in [5.41, 5.74) is -0.160. The Bertz CT molecular complexity index is 668. The Morgan fingerprint density at radius 3 is 2.50 bits per heavy atom. The Hall–Kier alpha value is -2.41. The van der Waals surface area contributed by atoms with Crippen molar-refractivity contribution in [1.82, 2.24) is 5.32 Å². The van der Waals surface area contributed by atoms with Crippen LogP contribution in [0.1, 0.15) is 43.6 Å². The third-order valence-corrected chi connectivity index (χ3v) is 3.04. The Kier molecular flexibility index (Phi) is 6.48. The lowest BCUT2D eigenvalue weighted by molar-refractivity contribution is 0.0517. The average Bonchev–Trinajstić information content (AvgIpc) is 2.45. The Morgan fingerprint density at radius 2 is 1.96 bits per heavy atom. The predicted molar refractivity (Wildman–Crippen MR) is 91.3 cm³/mol. The molecule has 0 aliphatic heterocycles. The lowest BCUT2D eigenvalue weighted by atomic mass is 10.1. The maximum Gasteiger partial charge on any atom is 0.408 e. The SMILES string of the molecule is CC(NC(=O)OC(C)(C)C)C(=N)OC(=N)c1cc(C=O)ccc1Cl. The highest BCUT2D eigenvalue weighted by Gasteiger charge is 2.21. The number of alkyl carbamates (subject to hydrolysis) is 1. The first-order valence-corrected chi connectivity index (χ1v) is 7.50. The largest absolute Gasteiger partial charge is 0.444 e. The molecule has 1 unspecified atom stereocenters. The number of halogens is 1. The molecule has 1 rings (SSSR count). The van der Waals surface area contributed by atoms with Crippen molar-refractivity contribution in [3.05, 3.63) is 34.3 Å². The van der Waals surface area contributed by atoms with Crippen LogP contribution in [-0.2, 0) is 9.47 Å². The molecule has 1 amide bonds. The van der Waals surface area contributed by atoms with Crippen molar-refractivity contribution in [2.45, 2.75) is 39.3 Å². The van der Waals surface area contributed by atoms with Gasteiger partial charge in [0.05, 0.1) is 10.6 Å². The molecule has 7 nitrogen and oxygen atoms in total. The van der Waals surface area contributed by atoms with Gasteiger partial charge in [0.2, 0.25) is 11.8 Å². The molecule has 0 fully saturated rings. The van der Waals surface area contributed by atoms with Gasteiger partial charge < -0.3 is 14.8 Å². The van der Waals surface area contributed by atoms with Crippen molar-refractivity contribution in [3.63, 3.8) is 0 Å². The molecule has 8 heteroatoms. The molecule has 130 valence electrons. The van der Waals surface area contributed by atoms with Gasteiger partial charge in [-0.3, -0.25) is 15.6 Å². The van der Waals surface area contributed by atoms with Crippen molar-refractivity contribution in [3.8, 4) is 0 Å². The first-order valence-electron chi connectivity index (χ1n) is 7.13. The van der Waals surface area contributed by atoms with Crippen molar-refractivity contribution < 1.29 is 19.1 Å². The highest BCUT2D eigenvalue weighted by molar-refractivity contribution is 6.34. The van der Waals surface area contributed by atoms with Crippen molar-refractivity contribution in [2.75, 3.05) is 0 Å². The number of carbonyl (C=O) groups is 2. The fourth-order valence-electron chi connectivity index (χ4n) is 1.59. The van der Waals surface area contributed by atoms with E-state index in [1.165, 1.54) is 25.1 Å². The van der Waals surface area contributed by atoms with Gasteiger partial charge in [-0.05, 0) is 39.8 Å². The van der Waals surface area contributed by atoms with Crippen LogP contribution in [0.25, 0.3) is 0 Å². The molecule has 0 aliphatic rings. The summed E-state index contributed by atoms with van der Waals surface area (Å²) in [5, 5.41) is 18.4. The number of carbonyl (C=O) groups excluding carboxylic acids is 2. The van der Waals surface area contributed by atoms with E-state index in [4.69, 9.17) is 31.9 Å². The van der Waals surface area contributed by atoms with Crippen LogP contribution in [0, 0.1) is 10.8 Å². The second-order valence-electron chi connectivity index (χ2n) is 6.02. The second kappa shape index (κ2) is 7.92. The highest BCUT2D eigenvalue weighted by Crippen LogP contribution is 2.18. The molecule has 0 bridgehead atoms. The number of rotatable bonds is 4. The van der Waals surface area contributed by atoms with Crippen LogP contribution in [0.4, 0.5) is 4.79 Å². The molecule has 0 spiro atoms. The molecule has 0 radical (unpaired) electrons. The summed E-state index contributed by atoms with van der Waals surface area (Å²) in [7, 11) is 0. The van der Waals surface area contributed by atoms with E-state index in [-0.39, 0.29) is 16.5 Å². The molecule has 3 N–H and O–H groups in total. The van der Waals surface area contributed by atoms with Crippen LogP contribution in [0.3, 0.4) is 0 Å². The molecular weight excluding hydrogens is 334 g/mol. The average molecular weight is 354 g/mol. The zero-order valence-electron chi connectivity index (χ0n) is 13.9. The molecule has 1 aromatic carbocycles. The van der Waals surface area contributed by atoms with Crippen LogP contribution in [0.5, 0.6) is 0 Å². The van der Waals surface area contributed by atoms with Gasteiger partial charge in [0.1, 0.15) is 17.9 Å². The number of ether oxygens (including phenoxy) is 2. The summed E-state index contributed by atoms with van der Waals surface area (Å²) in [6.45, 7) is 6.67. The summed E-state index contributed by atoms with van der Waals surface area (Å²) in [6, 6.07) is 3.54. The fourth-order valence-corrected chi connectivity index (χ4v) is 1.80. The number of aldehydes is 1. The molecule has 0 saturated heterocycles. The van der Waals surface area contributed by atoms with Gasteiger partial charge in [-0.1, -0.05) is 17.7 Å². The van der Waals surface area contributed by atoms with Gasteiger partial charge in [0.15, 0.2) is 0 Å². The minimum Gasteiger partial charge on any atom is -0.444 e. The van der Waals surface area contributed by atoms with Crippen molar-refractivity contribution in [1.29, 1.82) is 10.8 Å². The van der Waals surface area contributed by atoms with Crippen LogP contribution in [0.15, 0.2) is 18.2 Å². The molecule has 0 aliphatic carbocycles. The summed E-state index contributed by atoms with van der Waals surface area (Å²) < 4.78 is 10.2. The van der Waals surface area contributed by atoms with Crippen LogP contribution in [-0.4, -0.2) is 35.8 Å². The summed E-state index contributed by atoms with van der Waals surface area (Å²) in [5.74, 6) is -0.759. The number of benzene rings is 1. The lowest BCUT2D eigenvalue weighted by Gasteiger charge is -2.22. The monoisotopic (exact) mass is 353 g/mol. The second-order valence-corrected chi connectivity index (χ2v) is 6.43. The Labute approximate surface area is 145 Å². The third kappa shape index (κ3) is 6.00. The van der Waals surface area contributed by atoms with Crippen molar-refractivity contribution in [2.24, 2.45) is 0 Å². The van der Waals surface area contributed by atoms with Gasteiger partial charge in [0.25, 0.3) is 0 Å². The maximum atomic E-state index is 11.7. The van der Waals surface area contributed by atoms with Gasteiger partial charge in [-0.25, -0.2) is 4.79 Å². The van der Waals surface area contributed by atoms with E-state index >= 15 is 0 Å². The quantitative estimate of drug-likeness (QED) is 0.437. The van der Waals surface area contributed by atoms with Gasteiger partial charge >= 0.3 is 6.09 Å². The first-order chi connectivity index (χ1) is 11.0. The molecular formula is C16H20ClN3O4. The smallest absolute Gasteiger partial charge is 0.408 e. The number of hydrogen-bond donors (Lipinski definition) is 3. The van der Waals surface area contributed by atoms with Crippen molar-refractivity contribution >= 4 is 35.8 Å². The molecule has 0 aromatic heterocycles. The van der Waals surface area contributed by atoms with Gasteiger partial charge in [0, 0.05) is 5.56 Å². The van der Waals surface area contributed by atoms with E-state index < -0.39 is 23.6 Å². The van der Waals surface area contributed by atoms with Gasteiger partial charge in [-0.2, -0.15) is 0 Å². The molecule has 1 atom stereocenters. The predicted octanol–water partition coefficient (Wildman–Crippen LogP) is 3.38. The van der Waals surface area contributed by atoms with E-state index in [0.29, 0.717) is 11.8 Å². The lowest BCUT2D eigenvalue weighted by Crippen LogP contribution is -2.42. The Morgan fingerprint density at radius 1 is 1.33 bits per heavy atom. The summed E-state index contributed by atoms with van der Waals surface area (Å²) >= 11 is 5.97.